The van der Waals surface area contributed by atoms with E-state index in [-0.39, 0.29) is 0 Å². The van der Waals surface area contributed by atoms with Gasteiger partial charge in [0.15, 0.2) is 5.82 Å². The third-order valence-electron chi connectivity index (χ3n) is 5.03. The molecular weight excluding hydrogens is 350 g/mol. The van der Waals surface area contributed by atoms with E-state index in [4.69, 9.17) is 14.7 Å². The molecule has 0 spiro atoms. The molecule has 3 aromatic rings. The SMILES string of the molecule is COc1ccc(CC[C@H](C)Nc2nc(-c3ccncc3)nc3c2CNC3)cc1. The zero-order chi connectivity index (χ0) is 19.3. The third-order valence-corrected chi connectivity index (χ3v) is 5.03. The van der Waals surface area contributed by atoms with E-state index < -0.39 is 0 Å². The fourth-order valence-electron chi connectivity index (χ4n) is 3.40. The number of methoxy groups -OCH3 is 1. The van der Waals surface area contributed by atoms with Crippen LogP contribution < -0.4 is 15.4 Å². The highest BCUT2D eigenvalue weighted by molar-refractivity contribution is 5.60. The summed E-state index contributed by atoms with van der Waals surface area (Å²) in [5.41, 5.74) is 4.54. The molecule has 3 heterocycles. The molecule has 1 aliphatic rings. The van der Waals surface area contributed by atoms with E-state index >= 15 is 0 Å². The predicted octanol–water partition coefficient (Wildman–Crippen LogP) is 3.58. The highest BCUT2D eigenvalue weighted by Crippen LogP contribution is 2.26. The topological polar surface area (TPSA) is 72.0 Å². The zero-order valence-corrected chi connectivity index (χ0v) is 16.3. The molecule has 1 aliphatic heterocycles. The van der Waals surface area contributed by atoms with Crippen LogP contribution in [0.5, 0.6) is 5.75 Å². The van der Waals surface area contributed by atoms with Crippen LogP contribution in [-0.2, 0) is 19.5 Å². The smallest absolute Gasteiger partial charge is 0.161 e. The lowest BCUT2D eigenvalue weighted by Crippen LogP contribution is -2.19. The summed E-state index contributed by atoms with van der Waals surface area (Å²) < 4.78 is 5.23. The molecule has 2 N–H and O–H groups in total. The van der Waals surface area contributed by atoms with E-state index in [1.165, 1.54) is 11.1 Å². The molecule has 0 saturated heterocycles. The quantitative estimate of drug-likeness (QED) is 0.658. The number of benzene rings is 1. The number of aryl methyl sites for hydroxylation is 1. The molecule has 1 atom stereocenters. The van der Waals surface area contributed by atoms with Crippen LogP contribution in [0.1, 0.15) is 30.2 Å². The number of hydrogen-bond acceptors (Lipinski definition) is 6. The van der Waals surface area contributed by atoms with Gasteiger partial charge in [0.05, 0.1) is 12.8 Å². The van der Waals surface area contributed by atoms with Crippen molar-refractivity contribution in [1.29, 1.82) is 0 Å². The molecule has 0 aliphatic carbocycles. The number of rotatable bonds is 7. The van der Waals surface area contributed by atoms with Gasteiger partial charge in [-0.1, -0.05) is 12.1 Å². The molecule has 0 unspecified atom stereocenters. The van der Waals surface area contributed by atoms with Crippen molar-refractivity contribution in [3.63, 3.8) is 0 Å². The Balaban J connectivity index is 1.48. The number of aromatic nitrogens is 3. The van der Waals surface area contributed by atoms with Gasteiger partial charge in [0.2, 0.25) is 0 Å². The average Bonchev–Trinajstić information content (AvgIpc) is 3.22. The minimum Gasteiger partial charge on any atom is -0.497 e. The van der Waals surface area contributed by atoms with Crippen molar-refractivity contribution in [2.24, 2.45) is 0 Å². The third kappa shape index (κ3) is 4.12. The van der Waals surface area contributed by atoms with Crippen LogP contribution in [0.15, 0.2) is 48.8 Å². The average molecular weight is 375 g/mol. The van der Waals surface area contributed by atoms with Crippen molar-refractivity contribution >= 4 is 5.82 Å². The summed E-state index contributed by atoms with van der Waals surface area (Å²) in [5, 5.41) is 7.00. The molecule has 144 valence electrons. The lowest BCUT2D eigenvalue weighted by molar-refractivity contribution is 0.414. The number of nitrogens with one attached hydrogen (secondary N) is 2. The van der Waals surface area contributed by atoms with Crippen LogP contribution in [0, 0.1) is 0 Å². The normalized spacial score (nSPS) is 13.8. The Morgan fingerprint density at radius 3 is 2.61 bits per heavy atom. The molecule has 6 heteroatoms. The highest BCUT2D eigenvalue weighted by atomic mass is 16.5. The molecule has 28 heavy (non-hydrogen) atoms. The maximum Gasteiger partial charge on any atom is 0.161 e. The first kappa shape index (κ1) is 18.4. The Morgan fingerprint density at radius 1 is 1.07 bits per heavy atom. The van der Waals surface area contributed by atoms with E-state index in [0.717, 1.165) is 54.6 Å². The summed E-state index contributed by atoms with van der Waals surface area (Å²) in [6.45, 7) is 3.79. The van der Waals surface area contributed by atoms with E-state index in [1.807, 2.05) is 24.3 Å². The summed E-state index contributed by atoms with van der Waals surface area (Å²) in [7, 11) is 1.69. The summed E-state index contributed by atoms with van der Waals surface area (Å²) in [6.07, 6.45) is 5.56. The summed E-state index contributed by atoms with van der Waals surface area (Å²) in [5.74, 6) is 2.57. The predicted molar refractivity (Wildman–Crippen MR) is 110 cm³/mol. The van der Waals surface area contributed by atoms with E-state index in [2.05, 4.69) is 34.7 Å². The molecule has 1 aromatic carbocycles. The molecule has 4 rings (SSSR count). The van der Waals surface area contributed by atoms with Crippen LogP contribution in [0.4, 0.5) is 5.82 Å². The lowest BCUT2D eigenvalue weighted by Gasteiger charge is -2.18. The molecule has 6 nitrogen and oxygen atoms in total. The van der Waals surface area contributed by atoms with E-state index in [1.54, 1.807) is 19.5 Å². The van der Waals surface area contributed by atoms with Crippen LogP contribution in [0.25, 0.3) is 11.4 Å². The van der Waals surface area contributed by atoms with Crippen LogP contribution in [0.2, 0.25) is 0 Å². The largest absolute Gasteiger partial charge is 0.497 e. The summed E-state index contributed by atoms with van der Waals surface area (Å²) >= 11 is 0. The number of anilines is 1. The number of hydrogen-bond donors (Lipinski definition) is 2. The first-order valence-electron chi connectivity index (χ1n) is 9.63. The van der Waals surface area contributed by atoms with Crippen molar-refractivity contribution in [2.45, 2.75) is 38.9 Å². The van der Waals surface area contributed by atoms with Gasteiger partial charge >= 0.3 is 0 Å². The Morgan fingerprint density at radius 2 is 1.86 bits per heavy atom. The maximum atomic E-state index is 5.23. The Kier molecular flexibility index (Phi) is 5.48. The van der Waals surface area contributed by atoms with Crippen molar-refractivity contribution in [1.82, 2.24) is 20.3 Å². The van der Waals surface area contributed by atoms with Gasteiger partial charge in [0.1, 0.15) is 11.6 Å². The van der Waals surface area contributed by atoms with Crippen LogP contribution in [-0.4, -0.2) is 28.1 Å². The van der Waals surface area contributed by atoms with Crippen molar-refractivity contribution < 1.29 is 4.74 Å². The summed E-state index contributed by atoms with van der Waals surface area (Å²) in [4.78, 5) is 13.7. The van der Waals surface area contributed by atoms with Gasteiger partial charge in [-0.2, -0.15) is 0 Å². The van der Waals surface area contributed by atoms with Crippen molar-refractivity contribution in [2.75, 3.05) is 12.4 Å². The minimum absolute atomic E-state index is 0.298. The molecule has 0 bridgehead atoms. The number of pyridine rings is 1. The molecule has 0 saturated carbocycles. The van der Waals surface area contributed by atoms with Crippen molar-refractivity contribution in [3.8, 4) is 17.1 Å². The Hall–Kier alpha value is -2.99. The fourth-order valence-corrected chi connectivity index (χ4v) is 3.40. The van der Waals surface area contributed by atoms with Gasteiger partial charge in [0, 0.05) is 42.7 Å². The fraction of sp³-hybridized carbons (Fsp3) is 0.318. The van der Waals surface area contributed by atoms with Crippen molar-refractivity contribution in [3.05, 3.63) is 65.6 Å². The minimum atomic E-state index is 0.298. The molecular formula is C22H25N5O. The molecule has 0 amide bonds. The van der Waals surface area contributed by atoms with Crippen LogP contribution in [0.3, 0.4) is 0 Å². The first-order chi connectivity index (χ1) is 13.7. The highest BCUT2D eigenvalue weighted by Gasteiger charge is 2.20. The number of nitrogens with zero attached hydrogens (tertiary/aromatic N) is 3. The molecule has 0 fully saturated rings. The lowest BCUT2D eigenvalue weighted by atomic mass is 10.1. The second-order valence-electron chi connectivity index (χ2n) is 7.09. The Labute approximate surface area is 165 Å². The van der Waals surface area contributed by atoms with Gasteiger partial charge in [-0.3, -0.25) is 4.98 Å². The molecule has 2 aromatic heterocycles. The van der Waals surface area contributed by atoms with Gasteiger partial charge in [-0.05, 0) is 49.6 Å². The molecule has 0 radical (unpaired) electrons. The standard InChI is InChI=1S/C22H25N5O/c1-15(3-4-16-5-7-18(28-2)8-6-16)25-22-19-13-24-14-20(19)26-21(27-22)17-9-11-23-12-10-17/h5-12,15,24H,3-4,13-14H2,1-2H3,(H,25,26,27)/t15-/m0/s1. The number of fused-ring (bicyclic) bond motifs is 1. The maximum absolute atomic E-state index is 5.23. The van der Waals surface area contributed by atoms with Crippen LogP contribution >= 0.6 is 0 Å². The van der Waals surface area contributed by atoms with E-state index in [0.29, 0.717) is 6.04 Å². The number of ether oxygens (including phenoxy) is 1. The monoisotopic (exact) mass is 375 g/mol. The Bertz CT molecular complexity index is 928. The van der Waals surface area contributed by atoms with Gasteiger partial charge < -0.3 is 15.4 Å². The zero-order valence-electron chi connectivity index (χ0n) is 16.3. The second kappa shape index (κ2) is 8.35. The van der Waals surface area contributed by atoms with Gasteiger partial charge in [-0.15, -0.1) is 0 Å². The first-order valence-corrected chi connectivity index (χ1v) is 9.63. The second-order valence-corrected chi connectivity index (χ2v) is 7.09. The summed E-state index contributed by atoms with van der Waals surface area (Å²) in [6, 6.07) is 12.5. The van der Waals surface area contributed by atoms with Gasteiger partial charge in [-0.25, -0.2) is 9.97 Å². The van der Waals surface area contributed by atoms with Gasteiger partial charge in [0.25, 0.3) is 0 Å². The van der Waals surface area contributed by atoms with E-state index in [9.17, 15) is 0 Å².